The van der Waals surface area contributed by atoms with Crippen LogP contribution in [0.15, 0.2) is 18.2 Å². The van der Waals surface area contributed by atoms with Crippen LogP contribution in [0.25, 0.3) is 10.2 Å². The van der Waals surface area contributed by atoms with Gasteiger partial charge in [0.2, 0.25) is 0 Å². The number of piperidine rings is 1. The number of nitrogens with one attached hydrogen (secondary N) is 1. The number of rotatable bonds is 3. The average molecular weight is 275 g/mol. The Morgan fingerprint density at radius 1 is 1.47 bits per heavy atom. The van der Waals surface area contributed by atoms with Gasteiger partial charge in [0.25, 0.3) is 0 Å². The molecule has 0 amide bonds. The van der Waals surface area contributed by atoms with Crippen molar-refractivity contribution in [2.45, 2.75) is 19.8 Å². The molecule has 2 aromatic rings. The summed E-state index contributed by atoms with van der Waals surface area (Å²) in [7, 11) is 2.21. The minimum Gasteiger partial charge on any atom is -0.361 e. The smallest absolute Gasteiger partial charge is 0.183 e. The Kier molecular flexibility index (Phi) is 3.71. The van der Waals surface area contributed by atoms with E-state index in [1.54, 1.807) is 11.3 Å². The van der Waals surface area contributed by atoms with Gasteiger partial charge in [-0.2, -0.15) is 0 Å². The van der Waals surface area contributed by atoms with E-state index in [0.717, 1.165) is 23.1 Å². The molecule has 1 aliphatic heterocycles. The lowest BCUT2D eigenvalue weighted by atomic mass is 9.99. The van der Waals surface area contributed by atoms with Crippen LogP contribution in [0.3, 0.4) is 0 Å². The molecule has 102 valence electrons. The molecule has 0 aliphatic carbocycles. The van der Waals surface area contributed by atoms with E-state index < -0.39 is 0 Å². The molecule has 1 aliphatic rings. The molecule has 19 heavy (non-hydrogen) atoms. The maximum atomic E-state index is 4.65. The molecular weight excluding hydrogens is 254 g/mol. The average Bonchev–Trinajstić information content (AvgIpc) is 2.78. The third kappa shape index (κ3) is 3.07. The van der Waals surface area contributed by atoms with Crippen molar-refractivity contribution in [1.29, 1.82) is 0 Å². The van der Waals surface area contributed by atoms with Gasteiger partial charge in [-0.3, -0.25) is 0 Å². The van der Waals surface area contributed by atoms with Gasteiger partial charge in [-0.05, 0) is 57.0 Å². The highest BCUT2D eigenvalue weighted by molar-refractivity contribution is 7.22. The molecule has 1 N–H and O–H groups in total. The maximum Gasteiger partial charge on any atom is 0.183 e. The van der Waals surface area contributed by atoms with Gasteiger partial charge in [0, 0.05) is 13.1 Å². The summed E-state index contributed by atoms with van der Waals surface area (Å²) in [5.41, 5.74) is 2.41. The molecule has 0 radical (unpaired) electrons. The molecule has 0 saturated carbocycles. The van der Waals surface area contributed by atoms with Gasteiger partial charge in [-0.1, -0.05) is 17.4 Å². The highest BCUT2D eigenvalue weighted by Gasteiger charge is 2.17. The first-order chi connectivity index (χ1) is 9.20. The standard InChI is InChI=1S/C15H21N3S/c1-11-5-6-13-14(8-11)19-15(17-13)16-9-12-4-3-7-18(2)10-12/h5-6,8,12H,3-4,7,9-10H2,1-2H3,(H,16,17). The van der Waals surface area contributed by atoms with Gasteiger partial charge in [-0.25, -0.2) is 4.98 Å². The molecule has 1 saturated heterocycles. The van der Waals surface area contributed by atoms with Crippen LogP contribution in [-0.2, 0) is 0 Å². The number of nitrogens with zero attached hydrogens (tertiary/aromatic N) is 2. The Hall–Kier alpha value is -1.13. The predicted molar refractivity (Wildman–Crippen MR) is 83.1 cm³/mol. The first kappa shape index (κ1) is 12.9. The molecule has 2 heterocycles. The summed E-state index contributed by atoms with van der Waals surface area (Å²) in [6.07, 6.45) is 2.66. The molecule has 3 nitrogen and oxygen atoms in total. The zero-order valence-corrected chi connectivity index (χ0v) is 12.5. The Morgan fingerprint density at radius 2 is 2.37 bits per heavy atom. The summed E-state index contributed by atoms with van der Waals surface area (Å²) in [6, 6.07) is 6.45. The number of anilines is 1. The first-order valence-corrected chi connectivity index (χ1v) is 7.82. The van der Waals surface area contributed by atoms with Gasteiger partial charge in [0.1, 0.15) is 0 Å². The van der Waals surface area contributed by atoms with Crippen molar-refractivity contribution in [1.82, 2.24) is 9.88 Å². The number of aryl methyl sites for hydroxylation is 1. The summed E-state index contributed by atoms with van der Waals surface area (Å²) in [6.45, 7) is 5.63. The molecular formula is C15H21N3S. The molecule has 1 aromatic heterocycles. The van der Waals surface area contributed by atoms with Crippen LogP contribution in [0, 0.1) is 12.8 Å². The third-order valence-electron chi connectivity index (χ3n) is 3.81. The zero-order valence-electron chi connectivity index (χ0n) is 11.6. The Balaban J connectivity index is 1.65. The summed E-state index contributed by atoms with van der Waals surface area (Å²) in [4.78, 5) is 7.08. The number of fused-ring (bicyclic) bond motifs is 1. The van der Waals surface area contributed by atoms with Gasteiger partial charge >= 0.3 is 0 Å². The van der Waals surface area contributed by atoms with E-state index in [0.29, 0.717) is 0 Å². The van der Waals surface area contributed by atoms with Crippen LogP contribution in [0.5, 0.6) is 0 Å². The highest BCUT2D eigenvalue weighted by atomic mass is 32.1. The minimum absolute atomic E-state index is 0.757. The van der Waals surface area contributed by atoms with Gasteiger partial charge in [0.15, 0.2) is 5.13 Å². The fourth-order valence-electron chi connectivity index (χ4n) is 2.78. The van der Waals surface area contributed by atoms with Crippen LogP contribution in [0.1, 0.15) is 18.4 Å². The summed E-state index contributed by atoms with van der Waals surface area (Å²) in [5, 5.41) is 4.59. The lowest BCUT2D eigenvalue weighted by molar-refractivity contribution is 0.217. The molecule has 1 fully saturated rings. The molecule has 1 atom stereocenters. The zero-order chi connectivity index (χ0) is 13.2. The van der Waals surface area contributed by atoms with Crippen molar-refractivity contribution in [3.05, 3.63) is 23.8 Å². The summed E-state index contributed by atoms with van der Waals surface area (Å²) in [5.74, 6) is 0.757. The van der Waals surface area contributed by atoms with Gasteiger partial charge in [-0.15, -0.1) is 0 Å². The molecule has 1 unspecified atom stereocenters. The SMILES string of the molecule is Cc1ccc2nc(NCC3CCCN(C)C3)sc2c1. The van der Waals surface area contributed by atoms with Crippen molar-refractivity contribution in [3.8, 4) is 0 Å². The second-order valence-corrected chi connectivity index (χ2v) is 6.67. The highest BCUT2D eigenvalue weighted by Crippen LogP contribution is 2.27. The largest absolute Gasteiger partial charge is 0.361 e. The number of likely N-dealkylation sites (tertiary alicyclic amines) is 1. The van der Waals surface area contributed by atoms with Crippen LogP contribution in [0.2, 0.25) is 0 Å². The lowest BCUT2D eigenvalue weighted by Gasteiger charge is -2.29. The number of benzene rings is 1. The van der Waals surface area contributed by atoms with Crippen LogP contribution in [0.4, 0.5) is 5.13 Å². The Bertz CT molecular complexity index is 564. The van der Waals surface area contributed by atoms with Crippen molar-refractivity contribution < 1.29 is 0 Å². The van der Waals surface area contributed by atoms with Crippen molar-refractivity contribution in [3.63, 3.8) is 0 Å². The molecule has 0 bridgehead atoms. The lowest BCUT2D eigenvalue weighted by Crippen LogP contribution is -2.35. The predicted octanol–water partition coefficient (Wildman–Crippen LogP) is 3.36. The van der Waals surface area contributed by atoms with E-state index in [4.69, 9.17) is 0 Å². The summed E-state index contributed by atoms with van der Waals surface area (Å²) < 4.78 is 1.28. The van der Waals surface area contributed by atoms with Crippen molar-refractivity contribution in [2.24, 2.45) is 5.92 Å². The third-order valence-corrected chi connectivity index (χ3v) is 4.78. The van der Waals surface area contributed by atoms with E-state index in [2.05, 4.69) is 47.4 Å². The molecule has 0 spiro atoms. The second kappa shape index (κ2) is 5.47. The molecule has 4 heteroatoms. The van der Waals surface area contributed by atoms with E-state index in [9.17, 15) is 0 Å². The van der Waals surface area contributed by atoms with Gasteiger partial charge < -0.3 is 10.2 Å². The van der Waals surface area contributed by atoms with E-state index in [-0.39, 0.29) is 0 Å². The number of thiazole rings is 1. The first-order valence-electron chi connectivity index (χ1n) is 7.00. The fraction of sp³-hybridized carbons (Fsp3) is 0.533. The minimum atomic E-state index is 0.757. The van der Waals surface area contributed by atoms with Crippen LogP contribution in [-0.4, -0.2) is 36.6 Å². The quantitative estimate of drug-likeness (QED) is 0.931. The normalized spacial score (nSPS) is 20.8. The van der Waals surface area contributed by atoms with E-state index in [1.165, 1.54) is 36.2 Å². The monoisotopic (exact) mass is 275 g/mol. The van der Waals surface area contributed by atoms with E-state index >= 15 is 0 Å². The van der Waals surface area contributed by atoms with Gasteiger partial charge in [0.05, 0.1) is 10.2 Å². The molecule has 1 aromatic carbocycles. The van der Waals surface area contributed by atoms with Crippen LogP contribution >= 0.6 is 11.3 Å². The number of aromatic nitrogens is 1. The number of hydrogen-bond acceptors (Lipinski definition) is 4. The molecule has 3 rings (SSSR count). The maximum absolute atomic E-state index is 4.65. The summed E-state index contributed by atoms with van der Waals surface area (Å²) >= 11 is 1.76. The van der Waals surface area contributed by atoms with Crippen molar-refractivity contribution >= 4 is 26.7 Å². The topological polar surface area (TPSA) is 28.2 Å². The van der Waals surface area contributed by atoms with E-state index in [1.807, 2.05) is 0 Å². The van der Waals surface area contributed by atoms with Crippen LogP contribution < -0.4 is 5.32 Å². The Labute approximate surface area is 118 Å². The Morgan fingerprint density at radius 3 is 3.21 bits per heavy atom. The fourth-order valence-corrected chi connectivity index (χ4v) is 3.75. The van der Waals surface area contributed by atoms with Crippen molar-refractivity contribution in [2.75, 3.05) is 32.0 Å². The second-order valence-electron chi connectivity index (χ2n) is 5.64. The number of hydrogen-bond donors (Lipinski definition) is 1.